The lowest BCUT2D eigenvalue weighted by atomic mass is 10.0. The molecule has 8 nitrogen and oxygen atoms in total. The maximum Gasteiger partial charge on any atom is 0.222 e. The quantitative estimate of drug-likeness (QED) is 0.756. The molecule has 1 aromatic heterocycles. The van der Waals surface area contributed by atoms with Crippen molar-refractivity contribution in [2.24, 2.45) is 11.8 Å². The van der Waals surface area contributed by atoms with E-state index in [2.05, 4.69) is 29.2 Å². The average Bonchev–Trinajstić information content (AvgIpc) is 3.39. The summed E-state index contributed by atoms with van der Waals surface area (Å²) in [5.74, 6) is 1.02. The fraction of sp³-hybridized carbons (Fsp3) is 0.864. The van der Waals surface area contributed by atoms with Crippen LogP contribution in [-0.2, 0) is 22.7 Å². The minimum Gasteiger partial charge on any atom is -0.394 e. The van der Waals surface area contributed by atoms with Gasteiger partial charge in [-0.1, -0.05) is 25.0 Å². The number of aliphatic hydroxyl groups is 1. The first-order valence-electron chi connectivity index (χ1n) is 11.6. The number of hydrogen-bond acceptors (Lipinski definition) is 6. The van der Waals surface area contributed by atoms with Gasteiger partial charge in [0.05, 0.1) is 37.3 Å². The molecule has 8 heteroatoms. The van der Waals surface area contributed by atoms with Gasteiger partial charge in [0.15, 0.2) is 0 Å². The van der Waals surface area contributed by atoms with Gasteiger partial charge in [-0.05, 0) is 39.2 Å². The smallest absolute Gasteiger partial charge is 0.222 e. The van der Waals surface area contributed by atoms with Gasteiger partial charge in [0, 0.05) is 38.5 Å². The first kappa shape index (κ1) is 23.2. The van der Waals surface area contributed by atoms with Crippen LogP contribution in [0.4, 0.5) is 0 Å². The number of carbonyl (C=O) groups is 1. The van der Waals surface area contributed by atoms with Gasteiger partial charge in [-0.3, -0.25) is 4.79 Å². The van der Waals surface area contributed by atoms with Crippen LogP contribution in [0.25, 0.3) is 0 Å². The van der Waals surface area contributed by atoms with Gasteiger partial charge in [0.1, 0.15) is 0 Å². The first-order valence-corrected chi connectivity index (χ1v) is 11.6. The highest BCUT2D eigenvalue weighted by Gasteiger charge is 2.29. The molecule has 0 bridgehead atoms. The Kier molecular flexibility index (Phi) is 8.65. The Morgan fingerprint density at radius 3 is 2.80 bits per heavy atom. The molecule has 1 aliphatic carbocycles. The summed E-state index contributed by atoms with van der Waals surface area (Å²) in [6.45, 7) is 7.68. The van der Waals surface area contributed by atoms with E-state index in [1.807, 2.05) is 16.5 Å². The van der Waals surface area contributed by atoms with Crippen LogP contribution in [0.3, 0.4) is 0 Å². The number of likely N-dealkylation sites (N-methyl/N-ethyl adjacent to an activating group) is 1. The number of aliphatic hydroxyl groups excluding tert-OH is 1. The van der Waals surface area contributed by atoms with E-state index >= 15 is 0 Å². The Balaban J connectivity index is 1.73. The summed E-state index contributed by atoms with van der Waals surface area (Å²) in [6, 6.07) is -0.193. The van der Waals surface area contributed by atoms with E-state index in [1.165, 1.54) is 25.7 Å². The number of rotatable bonds is 6. The molecule has 1 fully saturated rings. The third-order valence-corrected chi connectivity index (χ3v) is 6.68. The van der Waals surface area contributed by atoms with E-state index in [-0.39, 0.29) is 30.6 Å². The molecular weight excluding hydrogens is 382 g/mol. The van der Waals surface area contributed by atoms with E-state index in [0.717, 1.165) is 24.7 Å². The zero-order chi connectivity index (χ0) is 21.5. The second-order valence-electron chi connectivity index (χ2n) is 9.33. The molecule has 2 aliphatic rings. The Hall–Kier alpha value is -1.51. The normalized spacial score (nSPS) is 25.8. The van der Waals surface area contributed by atoms with Crippen LogP contribution < -0.4 is 0 Å². The lowest BCUT2D eigenvalue weighted by Crippen LogP contribution is -2.47. The molecule has 3 atom stereocenters. The van der Waals surface area contributed by atoms with Gasteiger partial charge >= 0.3 is 0 Å². The number of fused-ring (bicyclic) bond motifs is 1. The van der Waals surface area contributed by atoms with E-state index in [0.29, 0.717) is 32.5 Å². The fourth-order valence-corrected chi connectivity index (χ4v) is 4.76. The number of ether oxygens (including phenoxy) is 1. The van der Waals surface area contributed by atoms with Gasteiger partial charge in [0.2, 0.25) is 5.91 Å². The van der Waals surface area contributed by atoms with Crippen LogP contribution in [0, 0.1) is 11.8 Å². The number of amides is 1. The number of hydrogen-bond donors (Lipinski definition) is 1. The topological polar surface area (TPSA) is 83.7 Å². The molecule has 30 heavy (non-hydrogen) atoms. The highest BCUT2D eigenvalue weighted by atomic mass is 16.5. The van der Waals surface area contributed by atoms with E-state index in [1.54, 1.807) is 6.20 Å². The van der Waals surface area contributed by atoms with Crippen molar-refractivity contribution in [2.45, 2.75) is 77.7 Å². The predicted octanol–water partition coefficient (Wildman–Crippen LogP) is 1.92. The fourth-order valence-electron chi connectivity index (χ4n) is 4.76. The van der Waals surface area contributed by atoms with Crippen LogP contribution in [0.1, 0.15) is 58.1 Å². The van der Waals surface area contributed by atoms with Gasteiger partial charge in [-0.2, -0.15) is 0 Å². The lowest BCUT2D eigenvalue weighted by molar-refractivity contribution is -0.136. The maximum absolute atomic E-state index is 12.9. The molecule has 3 rings (SSSR count). The van der Waals surface area contributed by atoms with Crippen molar-refractivity contribution >= 4 is 5.91 Å². The summed E-state index contributed by atoms with van der Waals surface area (Å²) < 4.78 is 8.25. The van der Waals surface area contributed by atoms with Crippen molar-refractivity contribution < 1.29 is 14.6 Å². The van der Waals surface area contributed by atoms with Crippen LogP contribution in [0.5, 0.6) is 0 Å². The third-order valence-electron chi connectivity index (χ3n) is 6.68. The largest absolute Gasteiger partial charge is 0.394 e. The summed E-state index contributed by atoms with van der Waals surface area (Å²) >= 11 is 0. The van der Waals surface area contributed by atoms with Crippen LogP contribution in [0.15, 0.2) is 6.20 Å². The van der Waals surface area contributed by atoms with Gasteiger partial charge in [-0.25, -0.2) is 4.68 Å². The highest BCUT2D eigenvalue weighted by Crippen LogP contribution is 2.26. The maximum atomic E-state index is 12.9. The second kappa shape index (κ2) is 11.2. The second-order valence-corrected chi connectivity index (χ2v) is 9.33. The number of nitrogens with zero attached hydrogens (tertiary/aromatic N) is 5. The van der Waals surface area contributed by atoms with Crippen molar-refractivity contribution in [3.05, 3.63) is 11.9 Å². The first-order chi connectivity index (χ1) is 14.5. The number of aryl methyl sites for hydroxylation is 1. The molecule has 0 spiro atoms. The Labute approximate surface area is 180 Å². The molecule has 1 aliphatic heterocycles. The van der Waals surface area contributed by atoms with Crippen molar-refractivity contribution in [1.82, 2.24) is 24.8 Å². The monoisotopic (exact) mass is 421 g/mol. The van der Waals surface area contributed by atoms with Gasteiger partial charge in [-0.15, -0.1) is 5.10 Å². The molecule has 0 aromatic carbocycles. The molecular formula is C22H39N5O3. The third kappa shape index (κ3) is 6.25. The molecule has 1 N–H and O–H groups in total. The summed E-state index contributed by atoms with van der Waals surface area (Å²) in [4.78, 5) is 17.1. The Bertz CT molecular complexity index is 661. The minimum absolute atomic E-state index is 0.0135. The standard InChI is InChI=1S/C22H39N5O3/c1-17-12-26(18(2)15-28)22(29)9-6-10-27-20(11-23-24-27)16-30-21(17)14-25(3)13-19-7-4-5-8-19/h11,17-19,21,28H,4-10,12-16H2,1-3H3/t17-,18-,21-/m1/s1. The highest BCUT2D eigenvalue weighted by molar-refractivity contribution is 5.76. The average molecular weight is 422 g/mol. The van der Waals surface area contributed by atoms with Gasteiger partial charge < -0.3 is 19.6 Å². The van der Waals surface area contributed by atoms with Crippen LogP contribution >= 0.6 is 0 Å². The molecule has 1 saturated carbocycles. The molecule has 0 radical (unpaired) electrons. The summed E-state index contributed by atoms with van der Waals surface area (Å²) in [5.41, 5.74) is 0.958. The van der Waals surface area contributed by atoms with Crippen molar-refractivity contribution in [3.63, 3.8) is 0 Å². The number of carbonyl (C=O) groups excluding carboxylic acids is 1. The lowest BCUT2D eigenvalue weighted by Gasteiger charge is -2.36. The summed E-state index contributed by atoms with van der Waals surface area (Å²) in [5, 5.41) is 17.9. The van der Waals surface area contributed by atoms with Crippen LogP contribution in [0.2, 0.25) is 0 Å². The molecule has 170 valence electrons. The minimum atomic E-state index is -0.193. The Morgan fingerprint density at radius 1 is 1.30 bits per heavy atom. The van der Waals surface area contributed by atoms with E-state index in [9.17, 15) is 9.90 Å². The number of aromatic nitrogens is 3. The summed E-state index contributed by atoms with van der Waals surface area (Å²) in [7, 11) is 2.18. The molecule has 2 heterocycles. The van der Waals surface area contributed by atoms with E-state index in [4.69, 9.17) is 4.74 Å². The van der Waals surface area contributed by atoms with Gasteiger partial charge in [0.25, 0.3) is 0 Å². The predicted molar refractivity (Wildman–Crippen MR) is 115 cm³/mol. The zero-order valence-corrected chi connectivity index (χ0v) is 18.9. The van der Waals surface area contributed by atoms with Crippen molar-refractivity contribution in [2.75, 3.05) is 33.3 Å². The molecule has 1 aromatic rings. The van der Waals surface area contributed by atoms with Crippen LogP contribution in [-0.4, -0.2) is 81.2 Å². The molecule has 1 amide bonds. The van der Waals surface area contributed by atoms with Crippen molar-refractivity contribution in [1.29, 1.82) is 0 Å². The summed E-state index contributed by atoms with van der Waals surface area (Å²) in [6.07, 6.45) is 8.25. The van der Waals surface area contributed by atoms with Crippen molar-refractivity contribution in [3.8, 4) is 0 Å². The zero-order valence-electron chi connectivity index (χ0n) is 18.9. The SMILES string of the molecule is C[C@@H]1CN([C@H](C)CO)C(=O)CCCn2nncc2CO[C@@H]1CN(C)CC1CCCC1. The Morgan fingerprint density at radius 2 is 2.07 bits per heavy atom. The molecule has 0 unspecified atom stereocenters. The van der Waals surface area contributed by atoms with E-state index < -0.39 is 0 Å². The molecule has 0 saturated heterocycles.